The van der Waals surface area contributed by atoms with Crippen LogP contribution in [-0.4, -0.2) is 41.2 Å². The first-order valence-electron chi connectivity index (χ1n) is 8.82. The molecule has 1 aliphatic rings. The van der Waals surface area contributed by atoms with Crippen LogP contribution >= 0.6 is 11.3 Å². The lowest BCUT2D eigenvalue weighted by atomic mass is 10.0. The Labute approximate surface area is 166 Å². The number of carbonyl (C=O) groups is 4. The number of imide groups is 1. The number of carbonyl (C=O) groups excluding carboxylic acids is 4. The van der Waals surface area contributed by atoms with Crippen LogP contribution in [0.4, 0.5) is 0 Å². The Hall–Kier alpha value is -3.00. The second-order valence-electron chi connectivity index (χ2n) is 6.68. The number of amides is 3. The molecule has 1 aromatic heterocycles. The molecule has 146 valence electrons. The van der Waals surface area contributed by atoms with Gasteiger partial charge in [0.05, 0.1) is 17.7 Å². The summed E-state index contributed by atoms with van der Waals surface area (Å²) in [5.74, 6) is -2.66. The molecule has 0 radical (unpaired) electrons. The van der Waals surface area contributed by atoms with Gasteiger partial charge in [0.15, 0.2) is 6.61 Å². The molecule has 2 aromatic rings. The lowest BCUT2D eigenvalue weighted by Gasteiger charge is -2.27. The third kappa shape index (κ3) is 3.96. The van der Waals surface area contributed by atoms with Crippen molar-refractivity contribution in [3.05, 3.63) is 57.8 Å². The molecule has 0 aliphatic carbocycles. The molecule has 1 atom stereocenters. The number of esters is 1. The van der Waals surface area contributed by atoms with Crippen molar-refractivity contribution in [2.75, 3.05) is 6.61 Å². The number of benzene rings is 1. The second-order valence-corrected chi connectivity index (χ2v) is 7.71. The van der Waals surface area contributed by atoms with Crippen LogP contribution in [0.25, 0.3) is 0 Å². The molecule has 8 heteroatoms. The third-order valence-electron chi connectivity index (χ3n) is 4.36. The zero-order valence-corrected chi connectivity index (χ0v) is 16.3. The molecule has 7 nitrogen and oxygen atoms in total. The molecular formula is C20H20N2O5S. The van der Waals surface area contributed by atoms with Crippen LogP contribution in [0.3, 0.4) is 0 Å². The largest absolute Gasteiger partial charge is 0.454 e. The van der Waals surface area contributed by atoms with Crippen LogP contribution in [-0.2, 0) is 20.9 Å². The fraction of sp³-hybridized carbons (Fsp3) is 0.300. The molecule has 0 bridgehead atoms. The van der Waals surface area contributed by atoms with E-state index >= 15 is 0 Å². The van der Waals surface area contributed by atoms with E-state index in [9.17, 15) is 19.2 Å². The van der Waals surface area contributed by atoms with E-state index in [2.05, 4.69) is 5.32 Å². The summed E-state index contributed by atoms with van der Waals surface area (Å²) in [4.78, 5) is 51.7. The molecule has 0 spiro atoms. The standard InChI is InChI=1S/C20H20N2O5S/c1-12(2)17(22-18(24)14-7-3-4-8-15(14)19(22)25)20(26)27-11-16(23)21-10-13-6-5-9-28-13/h3-9,12,17H,10-11H2,1-2H3,(H,21,23)/t17-/m0/s1. The number of thiophene rings is 1. The van der Waals surface area contributed by atoms with Crippen molar-refractivity contribution in [3.63, 3.8) is 0 Å². The average Bonchev–Trinajstić information content (AvgIpc) is 3.28. The van der Waals surface area contributed by atoms with Crippen LogP contribution in [0.5, 0.6) is 0 Å². The van der Waals surface area contributed by atoms with Crippen molar-refractivity contribution in [2.24, 2.45) is 5.92 Å². The number of rotatable bonds is 7. The van der Waals surface area contributed by atoms with Crippen molar-refractivity contribution in [3.8, 4) is 0 Å². The van der Waals surface area contributed by atoms with E-state index in [1.807, 2.05) is 17.5 Å². The van der Waals surface area contributed by atoms with Gasteiger partial charge in [0.2, 0.25) is 0 Å². The molecule has 1 N–H and O–H groups in total. The van der Waals surface area contributed by atoms with E-state index in [4.69, 9.17) is 4.74 Å². The molecule has 0 unspecified atom stereocenters. The number of hydrogen-bond donors (Lipinski definition) is 1. The summed E-state index contributed by atoms with van der Waals surface area (Å²) in [7, 11) is 0. The van der Waals surface area contributed by atoms with Gasteiger partial charge in [-0.1, -0.05) is 32.0 Å². The number of fused-ring (bicyclic) bond motifs is 1. The Kier molecular flexibility index (Phi) is 5.89. The number of hydrogen-bond acceptors (Lipinski definition) is 6. The average molecular weight is 400 g/mol. The maximum absolute atomic E-state index is 12.6. The fourth-order valence-electron chi connectivity index (χ4n) is 3.01. The van der Waals surface area contributed by atoms with Gasteiger partial charge in [-0.2, -0.15) is 0 Å². The summed E-state index contributed by atoms with van der Waals surface area (Å²) in [5, 5.41) is 4.56. The highest BCUT2D eigenvalue weighted by Crippen LogP contribution is 2.27. The quantitative estimate of drug-likeness (QED) is 0.568. The lowest BCUT2D eigenvalue weighted by Crippen LogP contribution is -2.49. The number of ether oxygens (including phenoxy) is 1. The highest BCUT2D eigenvalue weighted by Gasteiger charge is 2.44. The van der Waals surface area contributed by atoms with Gasteiger partial charge in [0.1, 0.15) is 6.04 Å². The van der Waals surface area contributed by atoms with Gasteiger partial charge in [-0.25, -0.2) is 4.79 Å². The summed E-state index contributed by atoms with van der Waals surface area (Å²) in [6.07, 6.45) is 0. The van der Waals surface area contributed by atoms with Crippen molar-refractivity contribution in [2.45, 2.75) is 26.4 Å². The molecule has 3 rings (SSSR count). The Bertz CT molecular complexity index is 872. The second kappa shape index (κ2) is 8.35. The van der Waals surface area contributed by atoms with Crippen LogP contribution in [0.1, 0.15) is 39.4 Å². The Balaban J connectivity index is 1.64. The normalized spacial score (nSPS) is 14.2. The predicted octanol–water partition coefficient (Wildman–Crippen LogP) is 2.23. The van der Waals surface area contributed by atoms with E-state index < -0.39 is 36.3 Å². The van der Waals surface area contributed by atoms with Crippen LogP contribution in [0.15, 0.2) is 41.8 Å². The third-order valence-corrected chi connectivity index (χ3v) is 5.24. The minimum absolute atomic E-state index is 0.264. The fourth-order valence-corrected chi connectivity index (χ4v) is 3.65. The smallest absolute Gasteiger partial charge is 0.330 e. The van der Waals surface area contributed by atoms with Gasteiger partial charge in [-0.3, -0.25) is 19.3 Å². The van der Waals surface area contributed by atoms with Gasteiger partial charge >= 0.3 is 5.97 Å². The maximum atomic E-state index is 12.6. The Morgan fingerprint density at radius 1 is 1.07 bits per heavy atom. The monoisotopic (exact) mass is 400 g/mol. The zero-order chi connectivity index (χ0) is 20.3. The summed E-state index contributed by atoms with van der Waals surface area (Å²) < 4.78 is 5.11. The summed E-state index contributed by atoms with van der Waals surface area (Å²) in [5.41, 5.74) is 0.527. The zero-order valence-electron chi connectivity index (χ0n) is 15.5. The van der Waals surface area contributed by atoms with Crippen LogP contribution in [0.2, 0.25) is 0 Å². The highest BCUT2D eigenvalue weighted by molar-refractivity contribution is 7.09. The molecule has 0 saturated heterocycles. The van der Waals surface area contributed by atoms with Crippen molar-refractivity contribution >= 4 is 35.0 Å². The van der Waals surface area contributed by atoms with Gasteiger partial charge in [-0.05, 0) is 29.5 Å². The summed E-state index contributed by atoms with van der Waals surface area (Å²) in [6.45, 7) is 3.30. The molecule has 1 aromatic carbocycles. The van der Waals surface area contributed by atoms with E-state index in [1.54, 1.807) is 38.1 Å². The van der Waals surface area contributed by atoms with E-state index in [-0.39, 0.29) is 17.0 Å². The summed E-state index contributed by atoms with van der Waals surface area (Å²) >= 11 is 1.51. The lowest BCUT2D eigenvalue weighted by molar-refractivity contribution is -0.153. The van der Waals surface area contributed by atoms with Crippen LogP contribution in [0, 0.1) is 5.92 Å². The molecule has 0 fully saturated rings. The minimum atomic E-state index is -1.10. The van der Waals surface area contributed by atoms with Gasteiger partial charge in [0, 0.05) is 4.88 Å². The first kappa shape index (κ1) is 19.8. The SMILES string of the molecule is CC(C)[C@@H](C(=O)OCC(=O)NCc1cccs1)N1C(=O)c2ccccc2C1=O. The van der Waals surface area contributed by atoms with E-state index in [1.165, 1.54) is 11.3 Å². The minimum Gasteiger partial charge on any atom is -0.454 e. The highest BCUT2D eigenvalue weighted by atomic mass is 32.1. The molecule has 1 aliphatic heterocycles. The Morgan fingerprint density at radius 3 is 2.25 bits per heavy atom. The van der Waals surface area contributed by atoms with Crippen molar-refractivity contribution in [1.82, 2.24) is 10.2 Å². The molecular weight excluding hydrogens is 380 g/mol. The number of nitrogens with zero attached hydrogens (tertiary/aromatic N) is 1. The van der Waals surface area contributed by atoms with Crippen molar-refractivity contribution in [1.29, 1.82) is 0 Å². The topological polar surface area (TPSA) is 92.8 Å². The van der Waals surface area contributed by atoms with E-state index in [0.29, 0.717) is 6.54 Å². The van der Waals surface area contributed by atoms with Gasteiger partial charge < -0.3 is 10.1 Å². The summed E-state index contributed by atoms with van der Waals surface area (Å²) in [6, 6.07) is 9.09. The molecule has 2 heterocycles. The first-order valence-corrected chi connectivity index (χ1v) is 9.70. The van der Waals surface area contributed by atoms with Crippen molar-refractivity contribution < 1.29 is 23.9 Å². The Morgan fingerprint density at radius 2 is 1.71 bits per heavy atom. The maximum Gasteiger partial charge on any atom is 0.330 e. The van der Waals surface area contributed by atoms with Gasteiger partial charge in [0.25, 0.3) is 17.7 Å². The van der Waals surface area contributed by atoms with E-state index in [0.717, 1.165) is 9.78 Å². The van der Waals surface area contributed by atoms with Gasteiger partial charge in [-0.15, -0.1) is 11.3 Å². The first-order chi connectivity index (χ1) is 13.4. The molecule has 3 amide bonds. The van der Waals surface area contributed by atoms with Crippen LogP contribution < -0.4 is 5.32 Å². The molecule has 0 saturated carbocycles. The number of nitrogens with one attached hydrogen (secondary N) is 1. The molecule has 28 heavy (non-hydrogen) atoms. The predicted molar refractivity (Wildman–Crippen MR) is 103 cm³/mol.